The molecule has 2 aromatic rings. The third-order valence-electron chi connectivity index (χ3n) is 5.00. The summed E-state index contributed by atoms with van der Waals surface area (Å²) >= 11 is 0. The van der Waals surface area contributed by atoms with Crippen molar-refractivity contribution in [3.05, 3.63) is 12.7 Å². The lowest BCUT2D eigenvalue weighted by Crippen LogP contribution is -2.33. The summed E-state index contributed by atoms with van der Waals surface area (Å²) in [5.74, 6) is 0.692. The van der Waals surface area contributed by atoms with Gasteiger partial charge in [0.2, 0.25) is 0 Å². The first kappa shape index (κ1) is 16.6. The number of ether oxygens (including phenoxy) is 2. The zero-order valence-corrected chi connectivity index (χ0v) is 14.1. The number of anilines is 1. The van der Waals surface area contributed by atoms with E-state index in [0.29, 0.717) is 23.0 Å². The van der Waals surface area contributed by atoms with E-state index in [-0.39, 0.29) is 6.61 Å². The van der Waals surface area contributed by atoms with Crippen molar-refractivity contribution >= 4 is 17.0 Å². The molecule has 4 rings (SSSR count). The molecule has 0 bridgehead atoms. The van der Waals surface area contributed by atoms with E-state index in [9.17, 15) is 10.2 Å². The van der Waals surface area contributed by atoms with Gasteiger partial charge in [-0.3, -0.25) is 4.57 Å². The zero-order valence-electron chi connectivity index (χ0n) is 14.1. The normalized spacial score (nSPS) is 30.4. The Morgan fingerprint density at radius 3 is 2.80 bits per heavy atom. The molecule has 0 unspecified atom stereocenters. The van der Waals surface area contributed by atoms with Crippen LogP contribution in [0.2, 0.25) is 0 Å². The van der Waals surface area contributed by atoms with Gasteiger partial charge < -0.3 is 25.0 Å². The molecule has 2 fully saturated rings. The van der Waals surface area contributed by atoms with Crippen molar-refractivity contribution in [2.45, 2.75) is 56.3 Å². The number of aliphatic hydroxyl groups excluding tert-OH is 2. The molecular formula is C16H23N5O4. The van der Waals surface area contributed by atoms with Crippen LogP contribution in [0.4, 0.5) is 5.82 Å². The molecule has 1 aliphatic heterocycles. The molecule has 2 aromatic heterocycles. The number of methoxy groups -OCH3 is 1. The van der Waals surface area contributed by atoms with Crippen LogP contribution < -0.4 is 5.32 Å². The van der Waals surface area contributed by atoms with Gasteiger partial charge in [-0.2, -0.15) is 0 Å². The molecule has 0 aromatic carbocycles. The molecule has 0 amide bonds. The van der Waals surface area contributed by atoms with Gasteiger partial charge in [0, 0.05) is 13.2 Å². The molecule has 2 aliphatic rings. The van der Waals surface area contributed by atoms with E-state index in [2.05, 4.69) is 20.3 Å². The van der Waals surface area contributed by atoms with Gasteiger partial charge in [0.15, 0.2) is 23.2 Å². The fraction of sp³-hybridized carbons (Fsp3) is 0.688. The molecule has 0 radical (unpaired) electrons. The Hall–Kier alpha value is -1.81. The molecule has 136 valence electrons. The van der Waals surface area contributed by atoms with Gasteiger partial charge in [-0.25, -0.2) is 15.0 Å². The summed E-state index contributed by atoms with van der Waals surface area (Å²) in [6.45, 7) is 0.199. The highest BCUT2D eigenvalue weighted by Crippen LogP contribution is 2.32. The van der Waals surface area contributed by atoms with Crippen molar-refractivity contribution < 1.29 is 19.7 Å². The van der Waals surface area contributed by atoms with Gasteiger partial charge in [0.25, 0.3) is 0 Å². The van der Waals surface area contributed by atoms with Crippen LogP contribution in [0.1, 0.15) is 31.9 Å². The summed E-state index contributed by atoms with van der Waals surface area (Å²) in [6, 6.07) is 0.407. The van der Waals surface area contributed by atoms with Crippen LogP contribution in [0.3, 0.4) is 0 Å². The Balaban J connectivity index is 1.62. The van der Waals surface area contributed by atoms with E-state index < -0.39 is 24.5 Å². The van der Waals surface area contributed by atoms with Crippen LogP contribution in [0.15, 0.2) is 12.7 Å². The summed E-state index contributed by atoms with van der Waals surface area (Å²) in [4.78, 5) is 13.0. The van der Waals surface area contributed by atoms with E-state index >= 15 is 0 Å². The molecule has 25 heavy (non-hydrogen) atoms. The Morgan fingerprint density at radius 1 is 1.24 bits per heavy atom. The number of nitrogens with zero attached hydrogens (tertiary/aromatic N) is 4. The summed E-state index contributed by atoms with van der Waals surface area (Å²) in [5.41, 5.74) is 1.19. The number of hydrogen-bond acceptors (Lipinski definition) is 8. The fourth-order valence-corrected chi connectivity index (χ4v) is 3.67. The van der Waals surface area contributed by atoms with E-state index in [1.165, 1.54) is 26.3 Å². The number of fused-ring (bicyclic) bond motifs is 1. The Kier molecular flexibility index (Phi) is 4.55. The van der Waals surface area contributed by atoms with Crippen molar-refractivity contribution in [2.24, 2.45) is 0 Å². The van der Waals surface area contributed by atoms with E-state index in [0.717, 1.165) is 12.8 Å². The molecule has 4 atom stereocenters. The van der Waals surface area contributed by atoms with Crippen LogP contribution in [-0.4, -0.2) is 67.8 Å². The largest absolute Gasteiger partial charge is 0.387 e. The second-order valence-electron chi connectivity index (χ2n) is 6.67. The molecule has 1 aliphatic carbocycles. The second-order valence-corrected chi connectivity index (χ2v) is 6.67. The highest BCUT2D eigenvalue weighted by molar-refractivity contribution is 5.82. The topological polar surface area (TPSA) is 115 Å². The Bertz CT molecular complexity index is 732. The SMILES string of the molecule is COC[C@@H]1O[C@H](n2cnc3c(NC4CCCC4)ncnc32)[C@@H](O)[C@H]1O. The van der Waals surface area contributed by atoms with Crippen molar-refractivity contribution in [1.82, 2.24) is 19.5 Å². The third-order valence-corrected chi connectivity index (χ3v) is 5.00. The van der Waals surface area contributed by atoms with Crippen molar-refractivity contribution in [3.63, 3.8) is 0 Å². The van der Waals surface area contributed by atoms with Crippen molar-refractivity contribution in [2.75, 3.05) is 19.0 Å². The third kappa shape index (κ3) is 2.97. The molecule has 1 saturated heterocycles. The first-order valence-electron chi connectivity index (χ1n) is 8.63. The number of imidazole rings is 1. The maximum absolute atomic E-state index is 10.3. The standard InChI is InChI=1S/C16H23N5O4/c1-24-6-10-12(22)13(23)16(25-10)21-8-19-11-14(17-7-18-15(11)21)20-9-4-2-3-5-9/h7-10,12-13,16,22-23H,2-6H2,1H3,(H,17,18,20)/t10-,12-,13-,16-/m0/s1. The Labute approximate surface area is 145 Å². The summed E-state index contributed by atoms with van der Waals surface area (Å²) in [6.07, 6.45) is 4.26. The number of aliphatic hydroxyl groups is 2. The monoisotopic (exact) mass is 349 g/mol. The van der Waals surface area contributed by atoms with Gasteiger partial charge in [-0.1, -0.05) is 12.8 Å². The van der Waals surface area contributed by atoms with Gasteiger partial charge in [0.05, 0.1) is 12.9 Å². The van der Waals surface area contributed by atoms with Gasteiger partial charge >= 0.3 is 0 Å². The fourth-order valence-electron chi connectivity index (χ4n) is 3.67. The predicted molar refractivity (Wildman–Crippen MR) is 89.0 cm³/mol. The molecule has 1 saturated carbocycles. The average molecular weight is 349 g/mol. The minimum absolute atomic E-state index is 0.199. The molecular weight excluding hydrogens is 326 g/mol. The number of hydrogen-bond donors (Lipinski definition) is 3. The highest BCUT2D eigenvalue weighted by Gasteiger charge is 2.44. The van der Waals surface area contributed by atoms with Crippen LogP contribution in [0.5, 0.6) is 0 Å². The summed E-state index contributed by atoms with van der Waals surface area (Å²) in [7, 11) is 1.52. The molecule has 9 heteroatoms. The second kappa shape index (κ2) is 6.83. The maximum atomic E-state index is 10.3. The van der Waals surface area contributed by atoms with E-state index in [4.69, 9.17) is 9.47 Å². The van der Waals surface area contributed by atoms with Crippen molar-refractivity contribution in [1.29, 1.82) is 0 Å². The maximum Gasteiger partial charge on any atom is 0.167 e. The molecule has 3 N–H and O–H groups in total. The first-order valence-corrected chi connectivity index (χ1v) is 8.63. The highest BCUT2D eigenvalue weighted by atomic mass is 16.6. The van der Waals surface area contributed by atoms with E-state index in [1.807, 2.05) is 0 Å². The lowest BCUT2D eigenvalue weighted by molar-refractivity contribution is -0.0580. The van der Waals surface area contributed by atoms with Gasteiger partial charge in [-0.05, 0) is 12.8 Å². The minimum atomic E-state index is -1.08. The molecule has 3 heterocycles. The lowest BCUT2D eigenvalue weighted by atomic mass is 10.1. The number of rotatable bonds is 5. The van der Waals surface area contributed by atoms with Gasteiger partial charge in [-0.15, -0.1) is 0 Å². The molecule has 0 spiro atoms. The summed E-state index contributed by atoms with van der Waals surface area (Å²) in [5, 5.41) is 23.9. The molecule has 9 nitrogen and oxygen atoms in total. The number of nitrogens with one attached hydrogen (secondary N) is 1. The van der Waals surface area contributed by atoms with Crippen LogP contribution in [-0.2, 0) is 9.47 Å². The van der Waals surface area contributed by atoms with Crippen LogP contribution in [0.25, 0.3) is 11.2 Å². The lowest BCUT2D eigenvalue weighted by Gasteiger charge is -2.17. The van der Waals surface area contributed by atoms with Gasteiger partial charge in [0.1, 0.15) is 24.6 Å². The predicted octanol–water partition coefficient (Wildman–Crippen LogP) is 0.446. The van der Waals surface area contributed by atoms with Crippen LogP contribution >= 0.6 is 0 Å². The zero-order chi connectivity index (χ0) is 17.4. The average Bonchev–Trinajstić information content (AvgIpc) is 3.32. The van der Waals surface area contributed by atoms with Crippen LogP contribution in [0, 0.1) is 0 Å². The van der Waals surface area contributed by atoms with Crippen molar-refractivity contribution in [3.8, 4) is 0 Å². The smallest absolute Gasteiger partial charge is 0.167 e. The quantitative estimate of drug-likeness (QED) is 0.713. The minimum Gasteiger partial charge on any atom is -0.387 e. The van der Waals surface area contributed by atoms with E-state index in [1.54, 1.807) is 10.9 Å². The summed E-state index contributed by atoms with van der Waals surface area (Å²) < 4.78 is 12.4. The Morgan fingerprint density at radius 2 is 2.04 bits per heavy atom. The number of aromatic nitrogens is 4. The first-order chi connectivity index (χ1) is 12.2.